The molecule has 2 saturated heterocycles. The summed E-state index contributed by atoms with van der Waals surface area (Å²) in [6, 6.07) is 4.63. The van der Waals surface area contributed by atoms with Crippen molar-refractivity contribution in [1.82, 2.24) is 13.9 Å². The van der Waals surface area contributed by atoms with E-state index in [0.717, 1.165) is 12.1 Å². The van der Waals surface area contributed by atoms with E-state index in [1.54, 1.807) is 0 Å². The van der Waals surface area contributed by atoms with Gasteiger partial charge in [0.2, 0.25) is 26.0 Å². The Balaban J connectivity index is 1.46. The number of ether oxygens (including phenoxy) is 1. The summed E-state index contributed by atoms with van der Waals surface area (Å²) in [5, 5.41) is 2.65. The van der Waals surface area contributed by atoms with Crippen LogP contribution in [0.2, 0.25) is 0 Å². The number of nitrogens with one attached hydrogen (secondary N) is 1. The number of sulfonamides is 2. The zero-order chi connectivity index (χ0) is 21.8. The van der Waals surface area contributed by atoms with Crippen molar-refractivity contribution in [1.29, 1.82) is 0 Å². The van der Waals surface area contributed by atoms with E-state index in [2.05, 4.69) is 5.32 Å². The number of carbonyl (C=O) groups is 1. The summed E-state index contributed by atoms with van der Waals surface area (Å²) in [4.78, 5) is 12.4. The van der Waals surface area contributed by atoms with Gasteiger partial charge in [0.15, 0.2) is 0 Å². The maximum absolute atomic E-state index is 13.0. The topological polar surface area (TPSA) is 113 Å². The maximum atomic E-state index is 13.0. The van der Waals surface area contributed by atoms with Crippen molar-refractivity contribution >= 4 is 26.0 Å². The van der Waals surface area contributed by atoms with Gasteiger partial charge in [-0.2, -0.15) is 8.61 Å². The normalized spacial score (nSPS) is 20.2. The van der Waals surface area contributed by atoms with Crippen molar-refractivity contribution in [2.75, 3.05) is 51.7 Å². The fourth-order valence-corrected chi connectivity index (χ4v) is 6.31. The second-order valence-corrected chi connectivity index (χ2v) is 11.3. The average molecular weight is 464 g/mol. The van der Waals surface area contributed by atoms with Gasteiger partial charge in [0.1, 0.15) is 5.82 Å². The lowest BCUT2D eigenvalue weighted by atomic mass is 9.97. The molecule has 0 unspecified atom stereocenters. The molecular formula is C18H26FN3O6S2. The van der Waals surface area contributed by atoms with Gasteiger partial charge < -0.3 is 10.1 Å². The van der Waals surface area contributed by atoms with Gasteiger partial charge in [0.25, 0.3) is 0 Å². The van der Waals surface area contributed by atoms with Crippen molar-refractivity contribution in [3.63, 3.8) is 0 Å². The molecule has 168 valence electrons. The maximum Gasteiger partial charge on any atom is 0.243 e. The third-order valence-electron chi connectivity index (χ3n) is 5.30. The lowest BCUT2D eigenvalue weighted by Gasteiger charge is -2.30. The predicted octanol–water partition coefficient (Wildman–Crippen LogP) is 0.00460. The van der Waals surface area contributed by atoms with Crippen LogP contribution in [0, 0.1) is 11.7 Å². The monoisotopic (exact) mass is 463 g/mol. The predicted molar refractivity (Wildman–Crippen MR) is 107 cm³/mol. The molecular weight excluding hydrogens is 437 g/mol. The Kier molecular flexibility index (Phi) is 7.45. The molecule has 0 bridgehead atoms. The van der Waals surface area contributed by atoms with Crippen molar-refractivity contribution in [3.05, 3.63) is 30.1 Å². The van der Waals surface area contributed by atoms with Gasteiger partial charge in [0.05, 0.1) is 23.9 Å². The number of morpholine rings is 1. The molecule has 1 N–H and O–H groups in total. The number of amides is 1. The molecule has 2 aliphatic rings. The first-order valence-corrected chi connectivity index (χ1v) is 12.8. The molecule has 2 fully saturated rings. The zero-order valence-electron chi connectivity index (χ0n) is 16.5. The van der Waals surface area contributed by atoms with Crippen LogP contribution in [0.4, 0.5) is 4.39 Å². The molecule has 0 spiro atoms. The summed E-state index contributed by atoms with van der Waals surface area (Å²) < 4.78 is 70.6. The van der Waals surface area contributed by atoms with Crippen molar-refractivity contribution in [3.8, 4) is 0 Å². The first kappa shape index (κ1) is 23.1. The van der Waals surface area contributed by atoms with Gasteiger partial charge in [-0.15, -0.1) is 0 Å². The highest BCUT2D eigenvalue weighted by atomic mass is 32.2. The number of piperidine rings is 1. The molecule has 1 amide bonds. The zero-order valence-corrected chi connectivity index (χ0v) is 18.1. The lowest BCUT2D eigenvalue weighted by molar-refractivity contribution is -0.125. The molecule has 30 heavy (non-hydrogen) atoms. The Hall–Kier alpha value is -1.60. The van der Waals surface area contributed by atoms with Crippen LogP contribution in [0.1, 0.15) is 12.8 Å². The van der Waals surface area contributed by atoms with Crippen LogP contribution in [0.15, 0.2) is 29.2 Å². The van der Waals surface area contributed by atoms with Gasteiger partial charge in [0, 0.05) is 38.6 Å². The van der Waals surface area contributed by atoms with E-state index < -0.39 is 25.9 Å². The summed E-state index contributed by atoms with van der Waals surface area (Å²) in [6.45, 7) is 1.71. The van der Waals surface area contributed by atoms with Crippen LogP contribution >= 0.6 is 0 Å². The molecule has 0 aromatic heterocycles. The summed E-state index contributed by atoms with van der Waals surface area (Å²) in [5.41, 5.74) is 0. The fourth-order valence-electron chi connectivity index (χ4n) is 3.52. The molecule has 0 atom stereocenters. The fraction of sp³-hybridized carbons (Fsp3) is 0.611. The average Bonchev–Trinajstić information content (AvgIpc) is 2.74. The SMILES string of the molecule is O=C(NCCS(=O)(=O)N1CCOCC1)C1CCN(S(=O)(=O)c2ccc(F)cc2)CC1. The number of hydrogen-bond acceptors (Lipinski definition) is 6. The van der Waals surface area contributed by atoms with Crippen molar-refractivity contribution < 1.29 is 30.8 Å². The first-order valence-electron chi connectivity index (χ1n) is 9.79. The minimum Gasteiger partial charge on any atom is -0.379 e. The third-order valence-corrected chi connectivity index (χ3v) is 9.08. The van der Waals surface area contributed by atoms with E-state index in [0.29, 0.717) is 39.1 Å². The smallest absolute Gasteiger partial charge is 0.243 e. The van der Waals surface area contributed by atoms with Crippen LogP contribution in [0.3, 0.4) is 0 Å². The van der Waals surface area contributed by atoms with Crippen LogP contribution in [-0.2, 0) is 29.6 Å². The number of carbonyl (C=O) groups excluding carboxylic acids is 1. The van der Waals surface area contributed by atoms with E-state index in [9.17, 15) is 26.0 Å². The van der Waals surface area contributed by atoms with Gasteiger partial charge >= 0.3 is 0 Å². The molecule has 3 rings (SSSR count). The van der Waals surface area contributed by atoms with E-state index in [1.165, 1.54) is 20.7 Å². The first-order chi connectivity index (χ1) is 14.2. The van der Waals surface area contributed by atoms with Crippen LogP contribution < -0.4 is 5.32 Å². The van der Waals surface area contributed by atoms with Gasteiger partial charge in [-0.1, -0.05) is 0 Å². The minimum atomic E-state index is -3.74. The second-order valence-electron chi connectivity index (χ2n) is 7.25. The number of hydrogen-bond donors (Lipinski definition) is 1. The summed E-state index contributed by atoms with van der Waals surface area (Å²) >= 11 is 0. The standard InChI is InChI=1S/C18H26FN3O6S2/c19-16-1-3-17(4-2-16)30(26,27)22-8-5-15(6-9-22)18(23)20-7-14-29(24,25)21-10-12-28-13-11-21/h1-4,15H,5-14H2,(H,20,23). The quantitative estimate of drug-likeness (QED) is 0.609. The third kappa shape index (κ3) is 5.55. The van der Waals surface area contributed by atoms with Gasteiger partial charge in [-0.05, 0) is 37.1 Å². The molecule has 0 aliphatic carbocycles. The van der Waals surface area contributed by atoms with Crippen LogP contribution in [0.25, 0.3) is 0 Å². The highest BCUT2D eigenvalue weighted by Crippen LogP contribution is 2.24. The molecule has 0 saturated carbocycles. The molecule has 12 heteroatoms. The van der Waals surface area contributed by atoms with E-state index in [1.807, 2.05) is 0 Å². The number of rotatable bonds is 7. The molecule has 1 aromatic rings. The number of nitrogens with zero attached hydrogens (tertiary/aromatic N) is 2. The van der Waals surface area contributed by atoms with E-state index in [-0.39, 0.29) is 42.1 Å². The lowest BCUT2D eigenvalue weighted by Crippen LogP contribution is -2.45. The number of halogens is 1. The molecule has 2 aliphatic heterocycles. The van der Waals surface area contributed by atoms with Gasteiger partial charge in [-0.25, -0.2) is 21.2 Å². The molecule has 9 nitrogen and oxygen atoms in total. The highest BCUT2D eigenvalue weighted by Gasteiger charge is 2.32. The van der Waals surface area contributed by atoms with E-state index >= 15 is 0 Å². The molecule has 0 radical (unpaired) electrons. The molecule has 2 heterocycles. The summed E-state index contributed by atoms with van der Waals surface area (Å²) in [5.74, 6) is -1.35. The Labute approximate surface area is 176 Å². The largest absolute Gasteiger partial charge is 0.379 e. The van der Waals surface area contributed by atoms with Gasteiger partial charge in [-0.3, -0.25) is 4.79 Å². The molecule has 1 aromatic carbocycles. The summed E-state index contributed by atoms with van der Waals surface area (Å²) in [7, 11) is -7.18. The Morgan fingerprint density at radius 2 is 1.60 bits per heavy atom. The van der Waals surface area contributed by atoms with Crippen molar-refractivity contribution in [2.24, 2.45) is 5.92 Å². The minimum absolute atomic E-state index is 0.00656. The van der Waals surface area contributed by atoms with Crippen LogP contribution in [-0.4, -0.2) is 83.0 Å². The Bertz CT molecular complexity index is 939. The number of benzene rings is 1. The van der Waals surface area contributed by atoms with Crippen molar-refractivity contribution in [2.45, 2.75) is 17.7 Å². The Morgan fingerprint density at radius 3 is 2.20 bits per heavy atom. The van der Waals surface area contributed by atoms with E-state index in [4.69, 9.17) is 4.74 Å². The Morgan fingerprint density at radius 1 is 1.00 bits per heavy atom. The highest BCUT2D eigenvalue weighted by molar-refractivity contribution is 7.89. The summed E-state index contributed by atoms with van der Waals surface area (Å²) in [6.07, 6.45) is 0.672. The second kappa shape index (κ2) is 9.69. The van der Waals surface area contributed by atoms with Crippen LogP contribution in [0.5, 0.6) is 0 Å².